The lowest BCUT2D eigenvalue weighted by Gasteiger charge is -2.45. The number of methoxy groups -OCH3 is 2. The van der Waals surface area contributed by atoms with Crippen LogP contribution in [0.15, 0.2) is 18.2 Å². The molecule has 2 bridgehead atoms. The largest absolute Gasteiger partial charge is 0.497 e. The lowest BCUT2D eigenvalue weighted by molar-refractivity contribution is -0.156. The number of carboxylic acids is 1. The van der Waals surface area contributed by atoms with Gasteiger partial charge in [0, 0.05) is 6.07 Å². The van der Waals surface area contributed by atoms with Crippen LogP contribution in [0, 0.1) is 23.7 Å². The van der Waals surface area contributed by atoms with Gasteiger partial charge in [-0.05, 0) is 49.7 Å². The minimum Gasteiger partial charge on any atom is -0.497 e. The molecule has 1 aromatic rings. The van der Waals surface area contributed by atoms with Crippen LogP contribution in [0.3, 0.4) is 0 Å². The smallest absolute Gasteiger partial charge is 0.307 e. The summed E-state index contributed by atoms with van der Waals surface area (Å²) >= 11 is 0. The molecule has 3 aliphatic rings. The molecule has 0 heterocycles. The van der Waals surface area contributed by atoms with Gasteiger partial charge < -0.3 is 19.9 Å². The fourth-order valence-corrected chi connectivity index (χ4v) is 4.30. The van der Waals surface area contributed by atoms with Gasteiger partial charge in [0.2, 0.25) is 5.91 Å². The van der Waals surface area contributed by atoms with Gasteiger partial charge in [-0.1, -0.05) is 0 Å². The van der Waals surface area contributed by atoms with E-state index in [1.165, 1.54) is 7.11 Å². The van der Waals surface area contributed by atoms with Crippen LogP contribution < -0.4 is 14.8 Å². The first-order chi connectivity index (χ1) is 11.5. The summed E-state index contributed by atoms with van der Waals surface area (Å²) in [5.74, 6) is -0.739. The zero-order valence-corrected chi connectivity index (χ0v) is 14.0. The molecule has 130 valence electrons. The quantitative estimate of drug-likeness (QED) is 0.865. The summed E-state index contributed by atoms with van der Waals surface area (Å²) in [5.41, 5.74) is 0.536. The van der Waals surface area contributed by atoms with E-state index < -0.39 is 17.8 Å². The molecule has 0 spiro atoms. The van der Waals surface area contributed by atoms with Gasteiger partial charge in [0.1, 0.15) is 11.5 Å². The van der Waals surface area contributed by atoms with Crippen molar-refractivity contribution in [2.45, 2.75) is 25.7 Å². The molecule has 0 saturated heterocycles. The number of amides is 1. The standard InChI is InChI=1S/C18H23NO5/c1-23-12-7-8-13(14(9-12)24-2)19-17(20)15-10-3-5-11(6-4-10)16(15)18(21)22/h7-11,15-16H,3-6H2,1-2H3,(H,19,20)(H,21,22)/t10?,11?,15-,16-/m1/s1. The average Bonchev–Trinajstić information content (AvgIpc) is 2.62. The Morgan fingerprint density at radius 1 is 1.04 bits per heavy atom. The zero-order valence-electron chi connectivity index (χ0n) is 14.0. The molecule has 0 aliphatic heterocycles. The minimum absolute atomic E-state index is 0.112. The molecular formula is C18H23NO5. The van der Waals surface area contributed by atoms with E-state index in [1.807, 2.05) is 0 Å². The number of hydrogen-bond donors (Lipinski definition) is 2. The average molecular weight is 333 g/mol. The Labute approximate surface area is 141 Å². The second kappa shape index (κ2) is 6.71. The van der Waals surface area contributed by atoms with E-state index in [0.29, 0.717) is 17.2 Å². The number of fused-ring (bicyclic) bond motifs is 3. The summed E-state index contributed by atoms with van der Waals surface area (Å²) in [6.07, 6.45) is 3.70. The Morgan fingerprint density at radius 2 is 1.67 bits per heavy atom. The summed E-state index contributed by atoms with van der Waals surface area (Å²) in [7, 11) is 3.08. The Kier molecular flexibility index (Phi) is 4.64. The molecule has 0 radical (unpaired) electrons. The summed E-state index contributed by atoms with van der Waals surface area (Å²) in [6.45, 7) is 0. The topological polar surface area (TPSA) is 84.9 Å². The van der Waals surface area contributed by atoms with Crippen molar-refractivity contribution in [1.29, 1.82) is 0 Å². The lowest BCUT2D eigenvalue weighted by atomic mass is 9.58. The van der Waals surface area contributed by atoms with Crippen LogP contribution in [-0.4, -0.2) is 31.2 Å². The summed E-state index contributed by atoms with van der Waals surface area (Å²) in [6, 6.07) is 5.14. The highest BCUT2D eigenvalue weighted by Gasteiger charge is 2.50. The number of rotatable bonds is 5. The molecule has 0 aromatic heterocycles. The highest BCUT2D eigenvalue weighted by molar-refractivity contribution is 5.96. The third-order valence-electron chi connectivity index (χ3n) is 5.47. The van der Waals surface area contributed by atoms with Crippen molar-refractivity contribution in [3.05, 3.63) is 18.2 Å². The first-order valence-corrected chi connectivity index (χ1v) is 8.30. The van der Waals surface area contributed by atoms with Crippen molar-refractivity contribution in [1.82, 2.24) is 0 Å². The fraction of sp³-hybridized carbons (Fsp3) is 0.556. The molecule has 2 atom stereocenters. The molecule has 1 amide bonds. The number of aliphatic carboxylic acids is 1. The van der Waals surface area contributed by atoms with E-state index in [-0.39, 0.29) is 17.7 Å². The van der Waals surface area contributed by atoms with Crippen LogP contribution in [0.25, 0.3) is 0 Å². The van der Waals surface area contributed by atoms with Crippen LogP contribution >= 0.6 is 0 Å². The number of nitrogens with one attached hydrogen (secondary N) is 1. The van der Waals surface area contributed by atoms with Crippen LogP contribution in [0.4, 0.5) is 5.69 Å². The van der Waals surface area contributed by atoms with Crippen molar-refractivity contribution in [3.8, 4) is 11.5 Å². The normalized spacial score (nSPS) is 28.2. The SMILES string of the molecule is COc1ccc(NC(=O)[C@@H]2C3CCC(CC3)[C@H]2C(=O)O)c(OC)c1. The Morgan fingerprint density at radius 3 is 2.21 bits per heavy atom. The van der Waals surface area contributed by atoms with E-state index in [1.54, 1.807) is 25.3 Å². The zero-order chi connectivity index (χ0) is 17.3. The van der Waals surface area contributed by atoms with Crippen molar-refractivity contribution in [3.63, 3.8) is 0 Å². The van der Waals surface area contributed by atoms with Crippen molar-refractivity contribution >= 4 is 17.6 Å². The van der Waals surface area contributed by atoms with Crippen LogP contribution in [-0.2, 0) is 9.59 Å². The Hall–Kier alpha value is -2.24. The van der Waals surface area contributed by atoms with Gasteiger partial charge in [-0.3, -0.25) is 9.59 Å². The van der Waals surface area contributed by atoms with Gasteiger partial charge in [0.25, 0.3) is 0 Å². The van der Waals surface area contributed by atoms with Crippen molar-refractivity contribution in [2.75, 3.05) is 19.5 Å². The highest BCUT2D eigenvalue weighted by Crippen LogP contribution is 2.49. The molecule has 6 heteroatoms. The van der Waals surface area contributed by atoms with Crippen LogP contribution in [0.1, 0.15) is 25.7 Å². The molecule has 2 N–H and O–H groups in total. The van der Waals surface area contributed by atoms with Gasteiger partial charge >= 0.3 is 5.97 Å². The van der Waals surface area contributed by atoms with Crippen LogP contribution in [0.2, 0.25) is 0 Å². The second-order valence-corrected chi connectivity index (χ2v) is 6.62. The lowest BCUT2D eigenvalue weighted by Crippen LogP contribution is -2.49. The molecular weight excluding hydrogens is 310 g/mol. The first-order valence-electron chi connectivity index (χ1n) is 8.30. The number of benzene rings is 1. The van der Waals surface area contributed by atoms with E-state index in [0.717, 1.165) is 25.7 Å². The van der Waals surface area contributed by atoms with E-state index in [2.05, 4.69) is 5.32 Å². The number of ether oxygens (including phenoxy) is 2. The molecule has 4 rings (SSSR count). The number of carbonyl (C=O) groups is 2. The van der Waals surface area contributed by atoms with E-state index >= 15 is 0 Å². The maximum Gasteiger partial charge on any atom is 0.307 e. The van der Waals surface area contributed by atoms with E-state index in [4.69, 9.17) is 9.47 Å². The predicted octanol–water partition coefficient (Wildman–Crippen LogP) is 2.78. The number of hydrogen-bond acceptors (Lipinski definition) is 4. The molecule has 3 saturated carbocycles. The maximum atomic E-state index is 12.8. The first kappa shape index (κ1) is 16.6. The third-order valence-corrected chi connectivity index (χ3v) is 5.47. The minimum atomic E-state index is -0.855. The maximum absolute atomic E-state index is 12.8. The summed E-state index contributed by atoms with van der Waals surface area (Å²) in [5, 5.41) is 12.5. The van der Waals surface area contributed by atoms with Gasteiger partial charge in [-0.25, -0.2) is 0 Å². The Balaban J connectivity index is 1.82. The van der Waals surface area contributed by atoms with E-state index in [9.17, 15) is 14.7 Å². The molecule has 1 aromatic carbocycles. The number of carbonyl (C=O) groups excluding carboxylic acids is 1. The molecule has 6 nitrogen and oxygen atoms in total. The molecule has 0 unspecified atom stereocenters. The monoisotopic (exact) mass is 333 g/mol. The van der Waals surface area contributed by atoms with Crippen molar-refractivity contribution in [2.24, 2.45) is 23.7 Å². The second-order valence-electron chi connectivity index (χ2n) is 6.62. The predicted molar refractivity (Wildman–Crippen MR) is 88.2 cm³/mol. The number of carboxylic acid groups (broad SMARTS) is 1. The molecule has 3 fully saturated rings. The molecule has 24 heavy (non-hydrogen) atoms. The van der Waals surface area contributed by atoms with Gasteiger partial charge in [0.05, 0.1) is 31.7 Å². The third kappa shape index (κ3) is 2.92. The fourth-order valence-electron chi connectivity index (χ4n) is 4.30. The van der Waals surface area contributed by atoms with Gasteiger partial charge in [-0.2, -0.15) is 0 Å². The van der Waals surface area contributed by atoms with Crippen LogP contribution in [0.5, 0.6) is 11.5 Å². The van der Waals surface area contributed by atoms with Gasteiger partial charge in [-0.15, -0.1) is 0 Å². The number of anilines is 1. The highest BCUT2D eigenvalue weighted by atomic mass is 16.5. The van der Waals surface area contributed by atoms with Crippen molar-refractivity contribution < 1.29 is 24.2 Å². The molecule has 3 aliphatic carbocycles. The Bertz CT molecular complexity index is 636. The summed E-state index contributed by atoms with van der Waals surface area (Å²) in [4.78, 5) is 24.5. The summed E-state index contributed by atoms with van der Waals surface area (Å²) < 4.78 is 10.5. The van der Waals surface area contributed by atoms with Gasteiger partial charge in [0.15, 0.2) is 0 Å².